The van der Waals surface area contributed by atoms with Crippen LogP contribution in [0.15, 0.2) is 48.5 Å². The van der Waals surface area contributed by atoms with Gasteiger partial charge < -0.3 is 15.2 Å². The lowest BCUT2D eigenvalue weighted by atomic mass is 9.87. The first kappa shape index (κ1) is 17.6. The molecule has 0 bridgehead atoms. The van der Waals surface area contributed by atoms with Gasteiger partial charge in [0.2, 0.25) is 0 Å². The van der Waals surface area contributed by atoms with E-state index in [2.05, 4.69) is 55.2 Å². The fourth-order valence-corrected chi connectivity index (χ4v) is 4.67. The number of rotatable bonds is 2. The molecule has 5 rings (SSSR count). The SMILES string of the molecule is Cc1cccc(C)c1-c1ccc2c3c([nH]c2c1)-c1cc(O)c(C(=O)O)cc1CC3. The number of phenols is 1. The zero-order chi connectivity index (χ0) is 20.3. The molecule has 0 fully saturated rings. The number of aryl methyl sites for hydroxylation is 4. The molecule has 3 aromatic carbocycles. The third kappa shape index (κ3) is 2.64. The van der Waals surface area contributed by atoms with E-state index in [0.29, 0.717) is 0 Å². The Kier molecular flexibility index (Phi) is 3.78. The van der Waals surface area contributed by atoms with Crippen molar-refractivity contribution in [2.24, 2.45) is 0 Å². The molecule has 0 atom stereocenters. The number of carbonyl (C=O) groups is 1. The largest absolute Gasteiger partial charge is 0.507 e. The molecule has 4 heteroatoms. The number of carboxylic acids is 1. The fourth-order valence-electron chi connectivity index (χ4n) is 4.67. The van der Waals surface area contributed by atoms with Gasteiger partial charge in [0.15, 0.2) is 0 Å². The summed E-state index contributed by atoms with van der Waals surface area (Å²) in [5.74, 6) is -1.30. The number of hydrogen-bond donors (Lipinski definition) is 3. The van der Waals surface area contributed by atoms with E-state index in [0.717, 1.165) is 35.2 Å². The average Bonchev–Trinajstić information content (AvgIpc) is 3.05. The molecular weight excluding hydrogens is 362 g/mol. The quantitative estimate of drug-likeness (QED) is 0.420. The average molecular weight is 383 g/mol. The van der Waals surface area contributed by atoms with Crippen LogP contribution in [0.2, 0.25) is 0 Å². The first-order valence-corrected chi connectivity index (χ1v) is 9.75. The first-order chi connectivity index (χ1) is 13.9. The van der Waals surface area contributed by atoms with Gasteiger partial charge >= 0.3 is 5.97 Å². The number of fused-ring (bicyclic) bond motifs is 5. The van der Waals surface area contributed by atoms with Gasteiger partial charge in [-0.1, -0.05) is 30.3 Å². The molecule has 0 aliphatic heterocycles. The number of nitrogens with one attached hydrogen (secondary N) is 1. The van der Waals surface area contributed by atoms with Crippen LogP contribution in [-0.2, 0) is 12.8 Å². The lowest BCUT2D eigenvalue weighted by molar-refractivity contribution is 0.0693. The van der Waals surface area contributed by atoms with Crippen molar-refractivity contribution in [3.8, 4) is 28.1 Å². The summed E-state index contributed by atoms with van der Waals surface area (Å²) in [4.78, 5) is 14.9. The Hall–Kier alpha value is -3.53. The monoisotopic (exact) mass is 383 g/mol. The third-order valence-electron chi connectivity index (χ3n) is 6.04. The fraction of sp³-hybridized carbons (Fsp3) is 0.160. The molecule has 0 saturated carbocycles. The predicted molar refractivity (Wildman–Crippen MR) is 115 cm³/mol. The number of H-pyrrole nitrogens is 1. The van der Waals surface area contributed by atoms with Gasteiger partial charge in [0.25, 0.3) is 0 Å². The smallest absolute Gasteiger partial charge is 0.339 e. The minimum absolute atomic E-state index is 0.0411. The predicted octanol–water partition coefficient (Wildman–Crippen LogP) is 5.62. The summed E-state index contributed by atoms with van der Waals surface area (Å²) in [6.07, 6.45) is 1.60. The van der Waals surface area contributed by atoms with E-state index in [1.54, 1.807) is 12.1 Å². The van der Waals surface area contributed by atoms with Crippen molar-refractivity contribution in [2.75, 3.05) is 0 Å². The van der Waals surface area contributed by atoms with E-state index in [1.165, 1.54) is 33.2 Å². The maximum absolute atomic E-state index is 11.4. The molecule has 1 aromatic heterocycles. The maximum atomic E-state index is 11.4. The van der Waals surface area contributed by atoms with Crippen LogP contribution in [0.4, 0.5) is 0 Å². The van der Waals surface area contributed by atoms with Crippen LogP contribution < -0.4 is 0 Å². The molecule has 1 aliphatic carbocycles. The van der Waals surface area contributed by atoms with E-state index < -0.39 is 5.97 Å². The van der Waals surface area contributed by atoms with Crippen LogP contribution in [0.3, 0.4) is 0 Å². The standard InChI is InChI=1S/C25H21NO3/c1-13-4-3-5-14(2)23(13)16-7-8-17-18-9-6-15-10-20(25(28)29)22(27)12-19(15)24(18)26-21(17)11-16/h3-5,7-8,10-12,26-27H,6,9H2,1-2H3,(H,28,29). The van der Waals surface area contributed by atoms with Crippen molar-refractivity contribution >= 4 is 16.9 Å². The van der Waals surface area contributed by atoms with Gasteiger partial charge in [0.05, 0.1) is 5.69 Å². The normalized spacial score (nSPS) is 12.6. The third-order valence-corrected chi connectivity index (χ3v) is 6.04. The Bertz CT molecular complexity index is 1290. The van der Waals surface area contributed by atoms with Crippen LogP contribution in [-0.4, -0.2) is 21.2 Å². The molecule has 0 spiro atoms. The van der Waals surface area contributed by atoms with Gasteiger partial charge in [-0.25, -0.2) is 4.79 Å². The first-order valence-electron chi connectivity index (χ1n) is 9.75. The minimum Gasteiger partial charge on any atom is -0.507 e. The Balaban J connectivity index is 1.70. The lowest BCUT2D eigenvalue weighted by Crippen LogP contribution is -2.06. The molecule has 144 valence electrons. The van der Waals surface area contributed by atoms with E-state index >= 15 is 0 Å². The summed E-state index contributed by atoms with van der Waals surface area (Å²) >= 11 is 0. The number of aromatic hydroxyl groups is 1. The van der Waals surface area contributed by atoms with Crippen molar-refractivity contribution in [1.29, 1.82) is 0 Å². The molecule has 4 nitrogen and oxygen atoms in total. The van der Waals surface area contributed by atoms with Crippen LogP contribution in [0.1, 0.15) is 32.6 Å². The summed E-state index contributed by atoms with van der Waals surface area (Å²) in [6, 6.07) is 16.1. The van der Waals surface area contributed by atoms with Crippen molar-refractivity contribution in [1.82, 2.24) is 4.98 Å². The number of aromatic amines is 1. The van der Waals surface area contributed by atoms with Crippen molar-refractivity contribution in [3.05, 3.63) is 76.3 Å². The van der Waals surface area contributed by atoms with Gasteiger partial charge in [-0.3, -0.25) is 0 Å². The van der Waals surface area contributed by atoms with E-state index in [1.807, 2.05) is 0 Å². The molecular formula is C25H21NO3. The maximum Gasteiger partial charge on any atom is 0.339 e. The van der Waals surface area contributed by atoms with Crippen molar-refractivity contribution in [3.63, 3.8) is 0 Å². The van der Waals surface area contributed by atoms with Crippen LogP contribution >= 0.6 is 0 Å². The minimum atomic E-state index is -1.11. The molecule has 0 unspecified atom stereocenters. The molecule has 29 heavy (non-hydrogen) atoms. The summed E-state index contributed by atoms with van der Waals surface area (Å²) < 4.78 is 0. The Morgan fingerprint density at radius 2 is 1.76 bits per heavy atom. The molecule has 4 aromatic rings. The Morgan fingerprint density at radius 1 is 1.00 bits per heavy atom. The number of hydrogen-bond acceptors (Lipinski definition) is 2. The van der Waals surface area contributed by atoms with E-state index in [9.17, 15) is 15.0 Å². The number of benzene rings is 3. The number of aromatic nitrogens is 1. The van der Waals surface area contributed by atoms with Crippen LogP contribution in [0.5, 0.6) is 5.75 Å². The van der Waals surface area contributed by atoms with Crippen LogP contribution in [0, 0.1) is 13.8 Å². The molecule has 0 radical (unpaired) electrons. The lowest BCUT2D eigenvalue weighted by Gasteiger charge is -2.18. The second kappa shape index (κ2) is 6.24. The van der Waals surface area contributed by atoms with Crippen LogP contribution in [0.25, 0.3) is 33.3 Å². The number of carboxylic acid groups (broad SMARTS) is 1. The summed E-state index contributed by atoms with van der Waals surface area (Å²) in [5, 5.41) is 20.7. The zero-order valence-electron chi connectivity index (χ0n) is 16.3. The molecule has 1 aliphatic rings. The summed E-state index contributed by atoms with van der Waals surface area (Å²) in [6.45, 7) is 4.26. The van der Waals surface area contributed by atoms with Gasteiger partial charge in [-0.05, 0) is 78.3 Å². The number of aromatic carboxylic acids is 1. The molecule has 0 saturated heterocycles. The molecule has 1 heterocycles. The highest BCUT2D eigenvalue weighted by Crippen LogP contribution is 2.41. The Labute approximate surface area is 168 Å². The second-order valence-corrected chi connectivity index (χ2v) is 7.84. The Morgan fingerprint density at radius 3 is 2.48 bits per heavy atom. The molecule has 3 N–H and O–H groups in total. The van der Waals surface area contributed by atoms with Crippen molar-refractivity contribution < 1.29 is 15.0 Å². The summed E-state index contributed by atoms with van der Waals surface area (Å²) in [5.41, 5.74) is 9.99. The topological polar surface area (TPSA) is 73.3 Å². The highest BCUT2D eigenvalue weighted by molar-refractivity contribution is 5.97. The van der Waals surface area contributed by atoms with Crippen molar-refractivity contribution in [2.45, 2.75) is 26.7 Å². The van der Waals surface area contributed by atoms with Gasteiger partial charge in [-0.2, -0.15) is 0 Å². The van der Waals surface area contributed by atoms with Gasteiger partial charge in [-0.15, -0.1) is 0 Å². The van der Waals surface area contributed by atoms with Gasteiger partial charge in [0.1, 0.15) is 11.3 Å². The highest BCUT2D eigenvalue weighted by atomic mass is 16.4. The molecule has 0 amide bonds. The van der Waals surface area contributed by atoms with Gasteiger partial charge in [0, 0.05) is 16.5 Å². The summed E-state index contributed by atoms with van der Waals surface area (Å²) in [7, 11) is 0. The van der Waals surface area contributed by atoms with E-state index in [4.69, 9.17) is 0 Å². The zero-order valence-corrected chi connectivity index (χ0v) is 16.3. The highest BCUT2D eigenvalue weighted by Gasteiger charge is 2.24. The van der Waals surface area contributed by atoms with E-state index in [-0.39, 0.29) is 11.3 Å². The second-order valence-electron chi connectivity index (χ2n) is 7.84.